The molecule has 2 amide bonds. The molecule has 2 N–H and O–H groups in total. The van der Waals surface area contributed by atoms with Crippen LogP contribution in [0.2, 0.25) is 0 Å². The highest BCUT2D eigenvalue weighted by atomic mass is 19.1. The van der Waals surface area contributed by atoms with Crippen LogP contribution in [-0.4, -0.2) is 11.8 Å². The number of nitrogens with one attached hydrogen (secondary N) is 2. The Morgan fingerprint density at radius 3 is 2.13 bits per heavy atom. The lowest BCUT2D eigenvalue weighted by atomic mass is 10.1. The molecule has 0 atom stereocenters. The molecular weight excluding hydrogens is 302 g/mol. The van der Waals surface area contributed by atoms with Gasteiger partial charge in [0.05, 0.1) is 12.8 Å². The summed E-state index contributed by atoms with van der Waals surface area (Å²) in [5, 5.41) is 5.15. The maximum absolute atomic E-state index is 13.3. The Morgan fingerprint density at radius 2 is 1.48 bits per heavy atom. The molecule has 2 aromatic rings. The Morgan fingerprint density at radius 1 is 0.870 bits per heavy atom. The van der Waals surface area contributed by atoms with Gasteiger partial charge in [-0.3, -0.25) is 9.59 Å². The fourth-order valence-electron chi connectivity index (χ4n) is 2.59. The van der Waals surface area contributed by atoms with Crippen LogP contribution in [0, 0.1) is 18.6 Å². The van der Waals surface area contributed by atoms with Gasteiger partial charge in [0, 0.05) is 22.5 Å². The van der Waals surface area contributed by atoms with Crippen LogP contribution < -0.4 is 10.6 Å². The van der Waals surface area contributed by atoms with Crippen molar-refractivity contribution in [1.29, 1.82) is 0 Å². The van der Waals surface area contributed by atoms with Crippen molar-refractivity contribution in [3.8, 4) is 0 Å². The van der Waals surface area contributed by atoms with Gasteiger partial charge in [0.15, 0.2) is 0 Å². The van der Waals surface area contributed by atoms with Crippen LogP contribution in [0.5, 0.6) is 0 Å². The summed E-state index contributed by atoms with van der Waals surface area (Å²) >= 11 is 0. The summed E-state index contributed by atoms with van der Waals surface area (Å²) in [7, 11) is 0. The molecule has 0 aliphatic carbocycles. The minimum Gasteiger partial charge on any atom is -0.325 e. The molecule has 0 aromatic heterocycles. The molecule has 0 saturated carbocycles. The zero-order valence-corrected chi connectivity index (χ0v) is 12.4. The molecule has 0 radical (unpaired) electrons. The Kier molecular flexibility index (Phi) is 3.82. The van der Waals surface area contributed by atoms with E-state index in [1.165, 1.54) is 6.07 Å². The first-order valence-electron chi connectivity index (χ1n) is 7.11. The van der Waals surface area contributed by atoms with Gasteiger partial charge in [0.1, 0.15) is 11.6 Å². The largest absolute Gasteiger partial charge is 0.325 e. The third kappa shape index (κ3) is 2.92. The van der Waals surface area contributed by atoms with E-state index in [2.05, 4.69) is 10.6 Å². The van der Waals surface area contributed by atoms with E-state index in [9.17, 15) is 18.4 Å². The number of carbonyl (C=O) groups excluding carboxylic acids is 2. The highest BCUT2D eigenvalue weighted by Crippen LogP contribution is 2.27. The summed E-state index contributed by atoms with van der Waals surface area (Å²) in [6, 6.07) is 8.04. The highest BCUT2D eigenvalue weighted by molar-refractivity contribution is 5.99. The van der Waals surface area contributed by atoms with E-state index in [4.69, 9.17) is 0 Å². The first-order valence-corrected chi connectivity index (χ1v) is 7.11. The van der Waals surface area contributed by atoms with Gasteiger partial charge in [-0.05, 0) is 30.7 Å². The van der Waals surface area contributed by atoms with Gasteiger partial charge in [-0.2, -0.15) is 0 Å². The Hall–Kier alpha value is -2.76. The van der Waals surface area contributed by atoms with E-state index in [0.717, 1.165) is 0 Å². The fraction of sp³-hybridized carbons (Fsp3) is 0.176. The van der Waals surface area contributed by atoms with Crippen molar-refractivity contribution in [3.63, 3.8) is 0 Å². The van der Waals surface area contributed by atoms with Gasteiger partial charge in [-0.1, -0.05) is 12.1 Å². The number of benzene rings is 2. The van der Waals surface area contributed by atoms with Crippen LogP contribution in [0.4, 0.5) is 20.2 Å². The van der Waals surface area contributed by atoms with Crippen molar-refractivity contribution < 1.29 is 18.4 Å². The quantitative estimate of drug-likeness (QED) is 0.785. The average Bonchev–Trinajstić information content (AvgIpc) is 3.07. The van der Waals surface area contributed by atoms with Gasteiger partial charge >= 0.3 is 0 Å². The predicted octanol–water partition coefficient (Wildman–Crippen LogP) is 2.95. The van der Waals surface area contributed by atoms with E-state index in [1.807, 2.05) is 0 Å². The van der Waals surface area contributed by atoms with Gasteiger partial charge in [-0.15, -0.1) is 0 Å². The van der Waals surface area contributed by atoms with Gasteiger partial charge in [0.2, 0.25) is 11.8 Å². The Labute approximate surface area is 131 Å². The van der Waals surface area contributed by atoms with Crippen molar-refractivity contribution in [2.24, 2.45) is 0 Å². The number of hydrogen-bond donors (Lipinski definition) is 2. The molecule has 0 saturated heterocycles. The summed E-state index contributed by atoms with van der Waals surface area (Å²) in [5.41, 5.74) is 2.79. The summed E-state index contributed by atoms with van der Waals surface area (Å²) < 4.78 is 26.2. The molecule has 0 unspecified atom stereocenters. The fourth-order valence-corrected chi connectivity index (χ4v) is 2.59. The molecule has 118 valence electrons. The molecule has 2 aromatic carbocycles. The van der Waals surface area contributed by atoms with Crippen LogP contribution in [-0.2, 0) is 22.4 Å². The van der Waals surface area contributed by atoms with Crippen molar-refractivity contribution in [3.05, 3.63) is 58.7 Å². The first-order chi connectivity index (χ1) is 11.0. The topological polar surface area (TPSA) is 58.2 Å². The lowest BCUT2D eigenvalue weighted by Gasteiger charge is -2.01. The molecule has 23 heavy (non-hydrogen) atoms. The molecular formula is C17H14F2N2O2. The van der Waals surface area contributed by atoms with Crippen molar-refractivity contribution >= 4 is 23.2 Å². The maximum Gasteiger partial charge on any atom is 0.228 e. The maximum atomic E-state index is 13.3. The molecule has 0 fully saturated rings. The molecule has 4 rings (SSSR count). The minimum absolute atomic E-state index is 0.130. The average molecular weight is 316 g/mol. The van der Waals surface area contributed by atoms with Gasteiger partial charge < -0.3 is 10.6 Å². The number of carbonyl (C=O) groups is 2. The SMILES string of the molecule is Cc1ccc2c(c1F)CC(=O)N2.O=C1Cc2c(F)cccc2N1. The van der Waals surface area contributed by atoms with Crippen LogP contribution in [0.25, 0.3) is 0 Å². The van der Waals surface area contributed by atoms with Crippen LogP contribution in [0.1, 0.15) is 16.7 Å². The summed E-state index contributed by atoms with van der Waals surface area (Å²) in [5.74, 6) is -0.827. The van der Waals surface area contributed by atoms with E-state index >= 15 is 0 Å². The number of amides is 2. The van der Waals surface area contributed by atoms with Crippen LogP contribution >= 0.6 is 0 Å². The number of halogens is 2. The monoisotopic (exact) mass is 316 g/mol. The molecule has 0 bridgehead atoms. The van der Waals surface area contributed by atoms with E-state index in [0.29, 0.717) is 28.1 Å². The van der Waals surface area contributed by atoms with Gasteiger partial charge in [0.25, 0.3) is 0 Å². The lowest BCUT2D eigenvalue weighted by molar-refractivity contribution is -0.115. The molecule has 2 aliphatic rings. The normalized spacial score (nSPS) is 14.4. The van der Waals surface area contributed by atoms with E-state index < -0.39 is 0 Å². The highest BCUT2D eigenvalue weighted by Gasteiger charge is 2.22. The summed E-state index contributed by atoms with van der Waals surface area (Å²) in [4.78, 5) is 21.7. The summed E-state index contributed by atoms with van der Waals surface area (Å²) in [6.07, 6.45) is 0.338. The van der Waals surface area contributed by atoms with Gasteiger partial charge in [-0.25, -0.2) is 8.78 Å². The van der Waals surface area contributed by atoms with Crippen LogP contribution in [0.3, 0.4) is 0 Å². The second-order valence-electron chi connectivity index (χ2n) is 5.44. The van der Waals surface area contributed by atoms with Crippen molar-refractivity contribution in [2.75, 3.05) is 10.6 Å². The number of aryl methyl sites for hydroxylation is 1. The summed E-state index contributed by atoms with van der Waals surface area (Å²) in [6.45, 7) is 1.69. The predicted molar refractivity (Wildman–Crippen MR) is 82.2 cm³/mol. The molecule has 2 aliphatic heterocycles. The van der Waals surface area contributed by atoms with Crippen LogP contribution in [0.15, 0.2) is 30.3 Å². The van der Waals surface area contributed by atoms with Crippen molar-refractivity contribution in [2.45, 2.75) is 19.8 Å². The molecule has 0 spiro atoms. The third-order valence-corrected chi connectivity index (χ3v) is 3.78. The number of hydrogen-bond acceptors (Lipinski definition) is 2. The number of anilines is 2. The lowest BCUT2D eigenvalue weighted by Crippen LogP contribution is -2.03. The first kappa shape index (κ1) is 15.1. The zero-order chi connectivity index (χ0) is 16.6. The second kappa shape index (κ2) is 5.79. The zero-order valence-electron chi connectivity index (χ0n) is 12.4. The standard InChI is InChI=1S/C9H8FNO.C8H6FNO/c1-5-2-3-7-6(9(5)10)4-8(12)11-7;9-6-2-1-3-7-5(6)4-8(11)10-7/h2-3H,4H2,1H3,(H,11,12);1-3H,4H2,(H,10,11). The third-order valence-electron chi connectivity index (χ3n) is 3.78. The Balaban J connectivity index is 0.000000136. The molecule has 4 nitrogen and oxygen atoms in total. The molecule has 2 heterocycles. The van der Waals surface area contributed by atoms with E-state index in [1.54, 1.807) is 31.2 Å². The van der Waals surface area contributed by atoms with Crippen molar-refractivity contribution in [1.82, 2.24) is 0 Å². The smallest absolute Gasteiger partial charge is 0.228 e. The number of fused-ring (bicyclic) bond motifs is 2. The minimum atomic E-state index is -0.305. The molecule has 6 heteroatoms. The Bertz CT molecular complexity index is 818. The number of rotatable bonds is 0. The van der Waals surface area contributed by atoms with E-state index in [-0.39, 0.29) is 36.3 Å². The second-order valence-corrected chi connectivity index (χ2v) is 5.44.